The number of nitrogens with two attached hydrogens (primary N) is 1. The van der Waals surface area contributed by atoms with Gasteiger partial charge in [-0.25, -0.2) is 9.18 Å². The second-order valence-electron chi connectivity index (χ2n) is 10.4. The van der Waals surface area contributed by atoms with Crippen LogP contribution >= 0.6 is 11.6 Å². The van der Waals surface area contributed by atoms with E-state index in [2.05, 4.69) is 20.6 Å². The third-order valence-corrected chi connectivity index (χ3v) is 7.37. The summed E-state index contributed by atoms with van der Waals surface area (Å²) >= 11 is 5.80. The van der Waals surface area contributed by atoms with Gasteiger partial charge in [0.15, 0.2) is 5.69 Å². The number of rotatable bonds is 9. The molecule has 12 nitrogen and oxygen atoms in total. The molecule has 14 heteroatoms. The number of nitrogens with zero attached hydrogens (tertiary/aromatic N) is 5. The molecule has 1 aliphatic rings. The van der Waals surface area contributed by atoms with Crippen molar-refractivity contribution >= 4 is 51.9 Å². The minimum atomic E-state index is -0.790. The third-order valence-electron chi connectivity index (χ3n) is 7.08. The van der Waals surface area contributed by atoms with Crippen molar-refractivity contribution in [2.75, 3.05) is 45.1 Å². The smallest absolute Gasteiger partial charge is 0.321 e. The first-order valence-electron chi connectivity index (χ1n) is 13.5. The lowest BCUT2D eigenvalue weighted by Gasteiger charge is -2.32. The first-order valence-corrected chi connectivity index (χ1v) is 13.9. The van der Waals surface area contributed by atoms with E-state index in [4.69, 9.17) is 17.3 Å². The van der Waals surface area contributed by atoms with Crippen LogP contribution in [0.3, 0.4) is 0 Å². The van der Waals surface area contributed by atoms with Gasteiger partial charge in [0.1, 0.15) is 12.4 Å². The van der Waals surface area contributed by atoms with Gasteiger partial charge in [-0.2, -0.15) is 5.10 Å². The molecule has 0 unspecified atom stereocenters. The fraction of sp³-hybridized carbons (Fsp3) is 0.393. The lowest BCUT2D eigenvalue weighted by Crippen LogP contribution is -2.48. The van der Waals surface area contributed by atoms with Gasteiger partial charge < -0.3 is 31.1 Å². The van der Waals surface area contributed by atoms with Crippen LogP contribution in [0, 0.1) is 5.82 Å². The van der Waals surface area contributed by atoms with Gasteiger partial charge in [-0.3, -0.25) is 19.1 Å². The second-order valence-corrected chi connectivity index (χ2v) is 10.8. The van der Waals surface area contributed by atoms with Crippen molar-refractivity contribution in [2.45, 2.75) is 33.0 Å². The fourth-order valence-electron chi connectivity index (χ4n) is 4.64. The zero-order valence-corrected chi connectivity index (χ0v) is 24.4. The number of hydrogen-bond acceptors (Lipinski definition) is 6. The SMILES string of the molecule is CC(C)N(CC(=O)NCc1cccc(Cl)c1F)C(=O)Cn1nc(C(N)=O)c2cc(NC(=O)N3CCN(C)CC3)ccc21. The molecule has 4 rings (SSSR count). The molecule has 0 spiro atoms. The molecule has 1 aliphatic heterocycles. The number of halogens is 2. The lowest BCUT2D eigenvalue weighted by molar-refractivity contribution is -0.138. The molecule has 0 saturated carbocycles. The molecule has 2 aromatic carbocycles. The van der Waals surface area contributed by atoms with E-state index in [0.29, 0.717) is 29.7 Å². The summed E-state index contributed by atoms with van der Waals surface area (Å²) < 4.78 is 15.5. The summed E-state index contributed by atoms with van der Waals surface area (Å²) in [5, 5.41) is 10.1. The van der Waals surface area contributed by atoms with Crippen LogP contribution in [0.1, 0.15) is 29.9 Å². The maximum Gasteiger partial charge on any atom is 0.321 e. The van der Waals surface area contributed by atoms with Gasteiger partial charge >= 0.3 is 6.03 Å². The summed E-state index contributed by atoms with van der Waals surface area (Å²) in [6.07, 6.45) is 0. The second kappa shape index (κ2) is 13.2. The molecule has 5 amide bonds. The van der Waals surface area contributed by atoms with E-state index in [0.717, 1.165) is 13.1 Å². The van der Waals surface area contributed by atoms with Crippen molar-refractivity contribution in [1.82, 2.24) is 29.8 Å². The summed E-state index contributed by atoms with van der Waals surface area (Å²) in [5.41, 5.74) is 6.67. The largest absolute Gasteiger partial charge is 0.364 e. The predicted octanol–water partition coefficient (Wildman–Crippen LogP) is 2.26. The van der Waals surface area contributed by atoms with Gasteiger partial charge in [-0.05, 0) is 45.2 Å². The standard InChI is InChI=1S/C28H34ClFN8O4/c1-17(2)37(15-23(39)32-14-18-5-4-6-21(29)25(18)30)24(40)16-38-22-8-7-19(13-20(22)26(34-38)27(31)41)33-28(42)36-11-9-35(3)10-12-36/h4-8,13,17H,9-12,14-16H2,1-3H3,(H2,31,41)(H,32,39)(H,33,42). The Morgan fingerprint density at radius 3 is 2.50 bits per heavy atom. The Balaban J connectivity index is 1.46. The van der Waals surface area contributed by atoms with E-state index in [1.54, 1.807) is 43.0 Å². The quantitative estimate of drug-likeness (QED) is 0.343. The molecule has 42 heavy (non-hydrogen) atoms. The number of carbonyl (C=O) groups excluding carboxylic acids is 4. The van der Waals surface area contributed by atoms with Gasteiger partial charge in [0.25, 0.3) is 5.91 Å². The summed E-state index contributed by atoms with van der Waals surface area (Å²) in [6.45, 7) is 5.61. The molecule has 0 radical (unpaired) electrons. The number of fused-ring (bicyclic) bond motifs is 1. The van der Waals surface area contributed by atoms with E-state index >= 15 is 0 Å². The molecule has 0 bridgehead atoms. The molecule has 4 N–H and O–H groups in total. The number of likely N-dealkylation sites (N-methyl/N-ethyl adjacent to an activating group) is 1. The fourth-order valence-corrected chi connectivity index (χ4v) is 4.83. The maximum atomic E-state index is 14.2. The van der Waals surface area contributed by atoms with Crippen molar-refractivity contribution < 1.29 is 23.6 Å². The van der Waals surface area contributed by atoms with Crippen molar-refractivity contribution in [2.24, 2.45) is 5.73 Å². The number of urea groups is 1. The molecule has 3 aromatic rings. The predicted molar refractivity (Wildman–Crippen MR) is 156 cm³/mol. The summed E-state index contributed by atoms with van der Waals surface area (Å²) in [7, 11) is 2.00. The van der Waals surface area contributed by atoms with Gasteiger partial charge in [-0.15, -0.1) is 0 Å². The van der Waals surface area contributed by atoms with Crippen LogP contribution in [0.15, 0.2) is 36.4 Å². The van der Waals surface area contributed by atoms with Crippen LogP contribution in [0.25, 0.3) is 10.9 Å². The van der Waals surface area contributed by atoms with Crippen LogP contribution in [0.5, 0.6) is 0 Å². The van der Waals surface area contributed by atoms with E-state index in [-0.39, 0.29) is 48.0 Å². The van der Waals surface area contributed by atoms with Gasteiger partial charge in [-0.1, -0.05) is 23.7 Å². The monoisotopic (exact) mass is 600 g/mol. The van der Waals surface area contributed by atoms with Gasteiger partial charge in [0.05, 0.1) is 17.1 Å². The number of piperazine rings is 1. The molecule has 1 saturated heterocycles. The normalized spacial score (nSPS) is 13.8. The molecule has 0 atom stereocenters. The number of nitrogens with one attached hydrogen (secondary N) is 2. The highest BCUT2D eigenvalue weighted by molar-refractivity contribution is 6.30. The highest BCUT2D eigenvalue weighted by Crippen LogP contribution is 2.24. The van der Waals surface area contributed by atoms with Crippen LogP contribution in [-0.4, -0.2) is 94.0 Å². The third kappa shape index (κ3) is 7.15. The Morgan fingerprint density at radius 1 is 1.12 bits per heavy atom. The minimum absolute atomic E-state index is 0.0490. The lowest BCUT2D eigenvalue weighted by atomic mass is 10.2. The highest BCUT2D eigenvalue weighted by Gasteiger charge is 2.24. The van der Waals surface area contributed by atoms with Crippen molar-refractivity contribution in [3.63, 3.8) is 0 Å². The summed E-state index contributed by atoms with van der Waals surface area (Å²) in [4.78, 5) is 56.1. The number of anilines is 1. The number of aromatic nitrogens is 2. The molecule has 2 heterocycles. The summed E-state index contributed by atoms with van der Waals surface area (Å²) in [5.74, 6) is -2.32. The number of carbonyl (C=O) groups is 4. The number of hydrogen-bond donors (Lipinski definition) is 3. The van der Waals surface area contributed by atoms with E-state index < -0.39 is 23.5 Å². The average Bonchev–Trinajstić information content (AvgIpc) is 3.30. The maximum absolute atomic E-state index is 14.2. The van der Waals surface area contributed by atoms with E-state index in [9.17, 15) is 23.6 Å². The van der Waals surface area contributed by atoms with E-state index in [1.165, 1.54) is 21.7 Å². The van der Waals surface area contributed by atoms with E-state index in [1.807, 2.05) is 7.05 Å². The highest BCUT2D eigenvalue weighted by atomic mass is 35.5. The Morgan fingerprint density at radius 2 is 1.83 bits per heavy atom. The first kappa shape index (κ1) is 30.7. The van der Waals surface area contributed by atoms with Crippen molar-refractivity contribution in [3.05, 3.63) is 58.5 Å². The molecule has 224 valence electrons. The molecular formula is C28H34ClFN8O4. The molecular weight excluding hydrogens is 567 g/mol. The average molecular weight is 601 g/mol. The Labute approximate surface area is 247 Å². The van der Waals surface area contributed by atoms with Crippen LogP contribution in [0.4, 0.5) is 14.9 Å². The Hall–Kier alpha value is -4.23. The van der Waals surface area contributed by atoms with Crippen LogP contribution in [0.2, 0.25) is 5.02 Å². The molecule has 0 aliphatic carbocycles. The zero-order valence-electron chi connectivity index (χ0n) is 23.7. The number of benzene rings is 2. The molecule has 1 fully saturated rings. The number of amides is 5. The minimum Gasteiger partial charge on any atom is -0.364 e. The zero-order chi connectivity index (χ0) is 30.6. The van der Waals surface area contributed by atoms with Crippen LogP contribution < -0.4 is 16.4 Å². The van der Waals surface area contributed by atoms with Crippen LogP contribution in [-0.2, 0) is 22.7 Å². The topological polar surface area (TPSA) is 146 Å². The summed E-state index contributed by atoms with van der Waals surface area (Å²) in [6, 6.07) is 8.80. The first-order chi connectivity index (χ1) is 19.9. The van der Waals surface area contributed by atoms with Crippen molar-refractivity contribution in [1.29, 1.82) is 0 Å². The Kier molecular flexibility index (Phi) is 9.63. The van der Waals surface area contributed by atoms with Gasteiger partial charge in [0.2, 0.25) is 11.8 Å². The Bertz CT molecular complexity index is 1500. The molecule has 1 aromatic heterocycles. The van der Waals surface area contributed by atoms with Gasteiger partial charge in [0, 0.05) is 55.4 Å². The van der Waals surface area contributed by atoms with Crippen molar-refractivity contribution in [3.8, 4) is 0 Å². The number of primary amides is 1.